The minimum Gasteiger partial charge on any atom is -0.429 e. The molecular formula is C19H18N2O6. The summed E-state index contributed by atoms with van der Waals surface area (Å²) in [5.41, 5.74) is 2.38. The molecular weight excluding hydrogens is 352 g/mol. The molecule has 1 aromatic heterocycles. The summed E-state index contributed by atoms with van der Waals surface area (Å²) in [5.74, 6) is -0.773. The van der Waals surface area contributed by atoms with Crippen molar-refractivity contribution in [3.63, 3.8) is 0 Å². The van der Waals surface area contributed by atoms with Crippen molar-refractivity contribution in [3.8, 4) is 0 Å². The highest BCUT2D eigenvalue weighted by molar-refractivity contribution is 6.03. The number of fused-ring (bicyclic) bond motifs is 2. The first-order valence-corrected chi connectivity index (χ1v) is 8.52. The van der Waals surface area contributed by atoms with Crippen LogP contribution in [0.3, 0.4) is 0 Å². The van der Waals surface area contributed by atoms with Gasteiger partial charge in [0.05, 0.1) is 28.2 Å². The maximum atomic E-state index is 12.7. The zero-order valence-corrected chi connectivity index (χ0v) is 14.4. The van der Waals surface area contributed by atoms with Crippen LogP contribution in [-0.2, 0) is 9.47 Å². The van der Waals surface area contributed by atoms with E-state index < -0.39 is 36.7 Å². The van der Waals surface area contributed by atoms with E-state index in [1.807, 2.05) is 18.2 Å². The molecule has 0 bridgehead atoms. The highest BCUT2D eigenvalue weighted by atomic mass is 16.7. The lowest BCUT2D eigenvalue weighted by Crippen LogP contribution is -2.57. The van der Waals surface area contributed by atoms with Crippen LogP contribution in [0.5, 0.6) is 0 Å². The third-order valence-electron chi connectivity index (χ3n) is 4.62. The number of rotatable bonds is 2. The Bertz CT molecular complexity index is 1010. The van der Waals surface area contributed by atoms with E-state index in [2.05, 4.69) is 9.97 Å². The first kappa shape index (κ1) is 17.7. The SMILES string of the molecule is C[C@@H]1O[C@H](OC(=O)c2cccc3nc4ccccc4nc23)[C@H](O)[C@H](O)[C@H]1O. The lowest BCUT2D eigenvalue weighted by atomic mass is 10.00. The highest BCUT2D eigenvalue weighted by Crippen LogP contribution is 2.25. The molecule has 0 aliphatic carbocycles. The molecule has 4 rings (SSSR count). The molecule has 1 aliphatic heterocycles. The summed E-state index contributed by atoms with van der Waals surface area (Å²) in [6, 6.07) is 12.2. The molecule has 0 spiro atoms. The molecule has 140 valence electrons. The van der Waals surface area contributed by atoms with Gasteiger partial charge >= 0.3 is 5.97 Å². The van der Waals surface area contributed by atoms with Crippen LogP contribution in [0.15, 0.2) is 42.5 Å². The molecule has 5 atom stereocenters. The number of aromatic nitrogens is 2. The van der Waals surface area contributed by atoms with Crippen molar-refractivity contribution >= 4 is 28.0 Å². The molecule has 1 fully saturated rings. The minimum absolute atomic E-state index is 0.162. The van der Waals surface area contributed by atoms with Gasteiger partial charge in [0.1, 0.15) is 23.8 Å². The summed E-state index contributed by atoms with van der Waals surface area (Å²) in [6.45, 7) is 1.51. The van der Waals surface area contributed by atoms with Crippen molar-refractivity contribution in [2.75, 3.05) is 0 Å². The van der Waals surface area contributed by atoms with Crippen LogP contribution in [0.1, 0.15) is 17.3 Å². The van der Waals surface area contributed by atoms with Crippen molar-refractivity contribution < 1.29 is 29.6 Å². The Kier molecular flexibility index (Phi) is 4.48. The molecule has 1 aliphatic rings. The number of aliphatic hydroxyl groups is 3. The second-order valence-corrected chi connectivity index (χ2v) is 6.47. The van der Waals surface area contributed by atoms with Gasteiger partial charge in [-0.3, -0.25) is 0 Å². The second-order valence-electron chi connectivity index (χ2n) is 6.47. The summed E-state index contributed by atoms with van der Waals surface area (Å²) < 4.78 is 10.6. The van der Waals surface area contributed by atoms with E-state index in [0.717, 1.165) is 0 Å². The molecule has 27 heavy (non-hydrogen) atoms. The number of benzene rings is 2. The van der Waals surface area contributed by atoms with Gasteiger partial charge in [0.2, 0.25) is 6.29 Å². The zero-order chi connectivity index (χ0) is 19.1. The van der Waals surface area contributed by atoms with Gasteiger partial charge < -0.3 is 24.8 Å². The normalized spacial score (nSPS) is 28.4. The largest absolute Gasteiger partial charge is 0.429 e. The van der Waals surface area contributed by atoms with Crippen LogP contribution < -0.4 is 0 Å². The fourth-order valence-electron chi connectivity index (χ4n) is 3.09. The average molecular weight is 370 g/mol. The molecule has 2 heterocycles. The minimum atomic E-state index is -1.57. The third kappa shape index (κ3) is 3.13. The van der Waals surface area contributed by atoms with Crippen molar-refractivity contribution in [1.29, 1.82) is 0 Å². The molecule has 3 N–H and O–H groups in total. The molecule has 0 unspecified atom stereocenters. The Morgan fingerprint density at radius 3 is 2.33 bits per heavy atom. The number of hydrogen-bond acceptors (Lipinski definition) is 8. The molecule has 8 nitrogen and oxygen atoms in total. The maximum absolute atomic E-state index is 12.7. The first-order valence-electron chi connectivity index (χ1n) is 8.52. The van der Waals surface area contributed by atoms with Crippen LogP contribution in [0, 0.1) is 0 Å². The number of ether oxygens (including phenoxy) is 2. The predicted molar refractivity (Wildman–Crippen MR) is 94.8 cm³/mol. The molecule has 1 saturated heterocycles. The maximum Gasteiger partial charge on any atom is 0.342 e. The first-order chi connectivity index (χ1) is 13.0. The number of nitrogens with zero attached hydrogens (tertiary/aromatic N) is 2. The second kappa shape index (κ2) is 6.82. The number of carbonyl (C=O) groups excluding carboxylic acids is 1. The summed E-state index contributed by atoms with van der Waals surface area (Å²) >= 11 is 0. The van der Waals surface area contributed by atoms with Crippen molar-refractivity contribution in [1.82, 2.24) is 9.97 Å². The van der Waals surface area contributed by atoms with Crippen molar-refractivity contribution in [2.24, 2.45) is 0 Å². The lowest BCUT2D eigenvalue weighted by molar-refractivity contribution is -0.276. The molecule has 2 aromatic carbocycles. The number of esters is 1. The number of para-hydroxylation sites is 3. The fourth-order valence-corrected chi connectivity index (χ4v) is 3.09. The standard InChI is InChI=1S/C19H18N2O6/c1-9-15(22)16(23)17(24)19(26-9)27-18(25)10-5-4-8-13-14(10)21-12-7-3-2-6-11(12)20-13/h2-9,15-17,19,22-24H,1H3/t9-,15-,16+,17+,19+/m0/s1. The fraction of sp³-hybridized carbons (Fsp3) is 0.316. The Hall–Kier alpha value is -2.65. The summed E-state index contributed by atoms with van der Waals surface area (Å²) in [7, 11) is 0. The molecule has 3 aromatic rings. The summed E-state index contributed by atoms with van der Waals surface area (Å²) in [4.78, 5) is 21.7. The van der Waals surface area contributed by atoms with E-state index in [4.69, 9.17) is 9.47 Å². The summed E-state index contributed by atoms with van der Waals surface area (Å²) in [5, 5.41) is 29.6. The van der Waals surface area contributed by atoms with Crippen molar-refractivity contribution in [3.05, 3.63) is 48.0 Å². The van der Waals surface area contributed by atoms with Crippen LogP contribution >= 0.6 is 0 Å². The molecule has 8 heteroatoms. The number of carbonyl (C=O) groups is 1. The van der Waals surface area contributed by atoms with E-state index in [9.17, 15) is 20.1 Å². The molecule has 0 amide bonds. The predicted octanol–water partition coefficient (Wildman–Crippen LogP) is 0.767. The van der Waals surface area contributed by atoms with Gasteiger partial charge in [-0.1, -0.05) is 18.2 Å². The van der Waals surface area contributed by atoms with E-state index in [-0.39, 0.29) is 5.56 Å². The van der Waals surface area contributed by atoms with Gasteiger partial charge in [0.15, 0.2) is 0 Å². The topological polar surface area (TPSA) is 122 Å². The highest BCUT2D eigenvalue weighted by Gasteiger charge is 2.44. The Morgan fingerprint density at radius 2 is 1.59 bits per heavy atom. The Morgan fingerprint density at radius 1 is 0.926 bits per heavy atom. The molecule has 0 radical (unpaired) electrons. The van der Waals surface area contributed by atoms with Gasteiger partial charge in [-0.05, 0) is 31.2 Å². The zero-order valence-electron chi connectivity index (χ0n) is 14.4. The number of hydrogen-bond donors (Lipinski definition) is 3. The number of aliphatic hydroxyl groups excluding tert-OH is 3. The monoisotopic (exact) mass is 370 g/mol. The Labute approximate surface area is 154 Å². The van der Waals surface area contributed by atoms with Crippen LogP contribution in [0.25, 0.3) is 22.1 Å². The van der Waals surface area contributed by atoms with Crippen LogP contribution in [0.2, 0.25) is 0 Å². The van der Waals surface area contributed by atoms with Crippen LogP contribution in [-0.4, -0.2) is 62.0 Å². The molecule has 0 saturated carbocycles. The van der Waals surface area contributed by atoms with Gasteiger partial charge in [0.25, 0.3) is 0 Å². The van der Waals surface area contributed by atoms with E-state index in [1.54, 1.807) is 18.2 Å². The van der Waals surface area contributed by atoms with E-state index >= 15 is 0 Å². The van der Waals surface area contributed by atoms with Gasteiger partial charge in [-0.25, -0.2) is 14.8 Å². The van der Waals surface area contributed by atoms with Crippen LogP contribution in [0.4, 0.5) is 0 Å². The average Bonchev–Trinajstić information content (AvgIpc) is 2.68. The van der Waals surface area contributed by atoms with E-state index in [0.29, 0.717) is 22.1 Å². The third-order valence-corrected chi connectivity index (χ3v) is 4.62. The van der Waals surface area contributed by atoms with E-state index in [1.165, 1.54) is 13.0 Å². The van der Waals surface area contributed by atoms with Gasteiger partial charge in [0, 0.05) is 0 Å². The van der Waals surface area contributed by atoms with Crippen molar-refractivity contribution in [2.45, 2.75) is 37.6 Å². The van der Waals surface area contributed by atoms with Gasteiger partial charge in [-0.15, -0.1) is 0 Å². The van der Waals surface area contributed by atoms with Gasteiger partial charge in [-0.2, -0.15) is 0 Å². The summed E-state index contributed by atoms with van der Waals surface area (Å²) in [6.07, 6.45) is -6.54. The lowest BCUT2D eigenvalue weighted by Gasteiger charge is -2.38. The smallest absolute Gasteiger partial charge is 0.342 e. The Balaban J connectivity index is 1.67. The quantitative estimate of drug-likeness (QED) is 0.447.